The summed E-state index contributed by atoms with van der Waals surface area (Å²) in [4.78, 5) is 28.7. The Balaban J connectivity index is 1.21. The summed E-state index contributed by atoms with van der Waals surface area (Å²) in [6.07, 6.45) is 3.47. The number of nitrogens with zero attached hydrogens (tertiary/aromatic N) is 5. The van der Waals surface area contributed by atoms with Gasteiger partial charge in [0.25, 0.3) is 5.91 Å². The summed E-state index contributed by atoms with van der Waals surface area (Å²) < 4.78 is 47.8. The van der Waals surface area contributed by atoms with Crippen LogP contribution in [0.2, 0.25) is 0 Å². The summed E-state index contributed by atoms with van der Waals surface area (Å²) in [5, 5.41) is 9.64. The number of piperidine rings is 1. The molecule has 1 saturated heterocycles. The molecular weight excluding hydrogens is 595 g/mol. The Morgan fingerprint density at radius 1 is 0.957 bits per heavy atom. The second-order valence-electron chi connectivity index (χ2n) is 11.6. The molecule has 0 atom stereocenters. The molecule has 9 nitrogen and oxygen atoms in total. The highest BCUT2D eigenvalue weighted by Crippen LogP contribution is 2.37. The van der Waals surface area contributed by atoms with E-state index in [4.69, 9.17) is 4.52 Å². The summed E-state index contributed by atoms with van der Waals surface area (Å²) in [6, 6.07) is 12.7. The topological polar surface area (TPSA) is 109 Å². The highest BCUT2D eigenvalue weighted by Gasteiger charge is 2.36. The van der Waals surface area contributed by atoms with E-state index >= 15 is 0 Å². The van der Waals surface area contributed by atoms with Crippen molar-refractivity contribution in [2.75, 3.05) is 30.8 Å². The maximum absolute atomic E-state index is 14.2. The van der Waals surface area contributed by atoms with Crippen molar-refractivity contribution >= 4 is 23.2 Å². The first-order valence-corrected chi connectivity index (χ1v) is 14.8. The Morgan fingerprint density at radius 2 is 1.74 bits per heavy atom. The molecule has 0 saturated carbocycles. The van der Waals surface area contributed by atoms with E-state index in [9.17, 15) is 18.0 Å². The monoisotopic (exact) mass is 627 g/mol. The maximum atomic E-state index is 14.2. The lowest BCUT2D eigenvalue weighted by molar-refractivity contribution is -0.138. The number of carbonyl (C=O) groups excluding carboxylic acids is 1. The van der Waals surface area contributed by atoms with E-state index in [0.717, 1.165) is 54.3 Å². The van der Waals surface area contributed by atoms with Gasteiger partial charge in [-0.15, -0.1) is 0 Å². The zero-order chi connectivity index (χ0) is 32.4. The molecule has 1 aliphatic heterocycles. The van der Waals surface area contributed by atoms with Gasteiger partial charge in [-0.1, -0.05) is 17.3 Å². The van der Waals surface area contributed by atoms with Crippen LogP contribution < -0.4 is 10.6 Å². The number of aryl methyl sites for hydroxylation is 2. The van der Waals surface area contributed by atoms with Crippen LogP contribution in [0.5, 0.6) is 0 Å². The molecule has 236 valence electrons. The third-order valence-electron chi connectivity index (χ3n) is 8.23. The van der Waals surface area contributed by atoms with E-state index in [-0.39, 0.29) is 11.9 Å². The van der Waals surface area contributed by atoms with Crippen molar-refractivity contribution in [3.63, 3.8) is 0 Å². The number of benzene rings is 2. The van der Waals surface area contributed by atoms with Crippen LogP contribution in [0.3, 0.4) is 0 Å². The van der Waals surface area contributed by atoms with Crippen molar-refractivity contribution in [1.82, 2.24) is 25.0 Å². The molecule has 0 spiro atoms. The Morgan fingerprint density at radius 3 is 2.48 bits per heavy atom. The van der Waals surface area contributed by atoms with E-state index in [1.807, 2.05) is 27.0 Å². The maximum Gasteiger partial charge on any atom is 0.417 e. The fraction of sp³-hybridized carbons (Fsp3) is 0.265. The molecule has 1 aliphatic rings. The number of halogens is 3. The normalized spacial score (nSPS) is 14.3. The molecule has 46 heavy (non-hydrogen) atoms. The van der Waals surface area contributed by atoms with Crippen LogP contribution >= 0.6 is 0 Å². The summed E-state index contributed by atoms with van der Waals surface area (Å²) >= 11 is 0. The number of nitrogens with one attached hydrogen (secondary N) is 2. The first-order valence-electron chi connectivity index (χ1n) is 14.8. The zero-order valence-electron chi connectivity index (χ0n) is 25.5. The summed E-state index contributed by atoms with van der Waals surface area (Å²) in [6.45, 7) is 5.39. The predicted molar refractivity (Wildman–Crippen MR) is 169 cm³/mol. The van der Waals surface area contributed by atoms with Crippen molar-refractivity contribution in [3.8, 4) is 22.6 Å². The lowest BCUT2D eigenvalue weighted by Crippen LogP contribution is -2.29. The van der Waals surface area contributed by atoms with Gasteiger partial charge in [0, 0.05) is 46.7 Å². The Hall–Kier alpha value is -5.10. The van der Waals surface area contributed by atoms with Crippen molar-refractivity contribution in [2.45, 2.75) is 38.8 Å². The summed E-state index contributed by atoms with van der Waals surface area (Å²) in [5.74, 6) is 0.0872. The Bertz CT molecular complexity index is 1880. The molecule has 2 N–H and O–H groups in total. The fourth-order valence-electron chi connectivity index (χ4n) is 5.60. The first-order chi connectivity index (χ1) is 22.0. The third-order valence-corrected chi connectivity index (χ3v) is 8.23. The summed E-state index contributed by atoms with van der Waals surface area (Å²) in [5.41, 5.74) is 3.94. The minimum absolute atomic E-state index is 0.0265. The highest BCUT2D eigenvalue weighted by atomic mass is 19.4. The quantitative estimate of drug-likeness (QED) is 0.190. The van der Waals surface area contributed by atoms with E-state index < -0.39 is 23.2 Å². The molecule has 0 radical (unpaired) electrons. The molecule has 0 aliphatic carbocycles. The van der Waals surface area contributed by atoms with Gasteiger partial charge in [-0.3, -0.25) is 9.78 Å². The first kappa shape index (κ1) is 30.9. The molecule has 0 unspecified atom stereocenters. The number of anilines is 3. The number of hydrogen-bond acceptors (Lipinski definition) is 8. The minimum atomic E-state index is -4.68. The van der Waals surface area contributed by atoms with Gasteiger partial charge in [-0.2, -0.15) is 13.2 Å². The van der Waals surface area contributed by atoms with Gasteiger partial charge >= 0.3 is 6.18 Å². The molecule has 6 rings (SSSR count). The molecule has 4 heterocycles. The lowest BCUT2D eigenvalue weighted by Gasteiger charge is -2.29. The number of aromatic nitrogens is 4. The average molecular weight is 628 g/mol. The zero-order valence-corrected chi connectivity index (χ0v) is 25.5. The van der Waals surface area contributed by atoms with Gasteiger partial charge in [-0.25, -0.2) is 9.97 Å². The number of amides is 1. The smallest absolute Gasteiger partial charge is 0.356 e. The molecule has 2 aromatic carbocycles. The van der Waals surface area contributed by atoms with Gasteiger partial charge in [-0.05, 0) is 100 Å². The van der Waals surface area contributed by atoms with Crippen LogP contribution in [0, 0.1) is 13.8 Å². The van der Waals surface area contributed by atoms with Crippen LogP contribution in [0.4, 0.5) is 30.5 Å². The van der Waals surface area contributed by atoms with Crippen LogP contribution in [-0.4, -0.2) is 51.1 Å². The average Bonchev–Trinajstić information content (AvgIpc) is 3.48. The van der Waals surface area contributed by atoms with Gasteiger partial charge in [0.2, 0.25) is 5.95 Å². The van der Waals surface area contributed by atoms with Gasteiger partial charge in [0.05, 0.1) is 23.0 Å². The third kappa shape index (κ3) is 6.76. The number of pyridine rings is 1. The number of carbonyl (C=O) groups is 1. The Kier molecular flexibility index (Phi) is 8.55. The second-order valence-corrected chi connectivity index (χ2v) is 11.6. The second kappa shape index (κ2) is 12.7. The predicted octanol–water partition coefficient (Wildman–Crippen LogP) is 7.63. The van der Waals surface area contributed by atoms with Gasteiger partial charge in [0.1, 0.15) is 0 Å². The van der Waals surface area contributed by atoms with Crippen LogP contribution in [0.25, 0.3) is 22.6 Å². The number of likely N-dealkylation sites (tertiary alicyclic amines) is 1. The molecule has 3 aromatic heterocycles. The van der Waals surface area contributed by atoms with E-state index in [0.29, 0.717) is 28.4 Å². The molecule has 1 amide bonds. The number of hydrogen-bond donors (Lipinski definition) is 2. The highest BCUT2D eigenvalue weighted by molar-refractivity contribution is 6.05. The van der Waals surface area contributed by atoms with Crippen LogP contribution in [0.1, 0.15) is 51.4 Å². The van der Waals surface area contributed by atoms with E-state index in [1.54, 1.807) is 55.1 Å². The minimum Gasteiger partial charge on any atom is -0.356 e. The fourth-order valence-corrected chi connectivity index (χ4v) is 5.60. The van der Waals surface area contributed by atoms with Crippen molar-refractivity contribution in [3.05, 3.63) is 101 Å². The van der Waals surface area contributed by atoms with Gasteiger partial charge in [0.15, 0.2) is 5.76 Å². The standard InChI is InChI=1S/C34H32F3N7O2/c1-20-4-6-26(41-32(45)27-7-5-23(15-28(27)34(35,36)37)22-9-12-44(3)13-10-22)16-30(20)43-33-39-11-8-29(42-33)24-14-25(19-38-18-24)31-21(2)17-40-46-31/h4-8,11,14-19,22H,9-10,12-13H2,1-3H3,(H,41,45)(H,39,42,43). The number of rotatable bonds is 7. The van der Waals surface area contributed by atoms with Crippen LogP contribution in [-0.2, 0) is 6.18 Å². The Labute approximate surface area is 263 Å². The van der Waals surface area contributed by atoms with Gasteiger partial charge < -0.3 is 20.1 Å². The SMILES string of the molecule is Cc1ccc(NC(=O)c2ccc(C3CCN(C)CC3)cc2C(F)(F)F)cc1Nc1nccc(-c2cncc(-c3oncc3C)c2)n1. The van der Waals surface area contributed by atoms with Crippen molar-refractivity contribution in [1.29, 1.82) is 0 Å². The number of alkyl halides is 3. The molecule has 12 heteroatoms. The largest absolute Gasteiger partial charge is 0.417 e. The van der Waals surface area contributed by atoms with Crippen molar-refractivity contribution in [2.24, 2.45) is 0 Å². The van der Waals surface area contributed by atoms with E-state index in [1.165, 1.54) is 6.07 Å². The summed E-state index contributed by atoms with van der Waals surface area (Å²) in [7, 11) is 2.00. The molecule has 1 fully saturated rings. The molecular formula is C34H32F3N7O2. The molecule has 5 aromatic rings. The molecule has 0 bridgehead atoms. The van der Waals surface area contributed by atoms with E-state index in [2.05, 4.69) is 35.6 Å². The van der Waals surface area contributed by atoms with Crippen LogP contribution in [0.15, 0.2) is 77.8 Å². The lowest BCUT2D eigenvalue weighted by atomic mass is 9.87. The van der Waals surface area contributed by atoms with Crippen molar-refractivity contribution < 1.29 is 22.5 Å².